The van der Waals surface area contributed by atoms with Gasteiger partial charge in [0.15, 0.2) is 5.58 Å². The van der Waals surface area contributed by atoms with Gasteiger partial charge in [-0.15, -0.1) is 11.3 Å². The summed E-state index contributed by atoms with van der Waals surface area (Å²) >= 11 is 1.19. The van der Waals surface area contributed by atoms with Gasteiger partial charge >= 0.3 is 11.8 Å². The Morgan fingerprint density at radius 1 is 1.39 bits per heavy atom. The number of hydrogen-bond donors (Lipinski definition) is 2. The van der Waals surface area contributed by atoms with Crippen molar-refractivity contribution in [2.75, 3.05) is 19.7 Å². The molecule has 0 saturated carbocycles. The Labute approximate surface area is 223 Å². The zero-order chi connectivity index (χ0) is 27.6. The van der Waals surface area contributed by atoms with Crippen LogP contribution in [0.25, 0.3) is 21.5 Å². The van der Waals surface area contributed by atoms with Crippen molar-refractivity contribution >= 4 is 28.5 Å². The van der Waals surface area contributed by atoms with Gasteiger partial charge in [-0.2, -0.15) is 5.26 Å². The fourth-order valence-corrected chi connectivity index (χ4v) is 5.22. The van der Waals surface area contributed by atoms with Crippen LogP contribution in [0.1, 0.15) is 32.1 Å². The van der Waals surface area contributed by atoms with Crippen molar-refractivity contribution in [1.29, 1.82) is 5.26 Å². The highest BCUT2D eigenvalue weighted by Crippen LogP contribution is 2.33. The number of nitrogens with one attached hydrogen (secondary N) is 1. The molecule has 2 unspecified atom stereocenters. The number of rotatable bonds is 6. The lowest BCUT2D eigenvalue weighted by atomic mass is 10.1. The van der Waals surface area contributed by atoms with Gasteiger partial charge < -0.3 is 23.9 Å². The largest absolute Gasteiger partial charge is 0.444 e. The van der Waals surface area contributed by atoms with Crippen molar-refractivity contribution in [2.24, 2.45) is 7.05 Å². The number of oxazole rings is 1. The molecule has 0 radical (unpaired) electrons. The number of aromatic nitrogens is 1. The number of aliphatic hydroxyl groups is 1. The van der Waals surface area contributed by atoms with Crippen molar-refractivity contribution in [1.82, 2.24) is 14.8 Å². The monoisotopic (exact) mass is 546 g/mol. The molecular formula is C26H31FN4O6S. The van der Waals surface area contributed by atoms with Gasteiger partial charge in [0.25, 0.3) is 0 Å². The van der Waals surface area contributed by atoms with Crippen LogP contribution in [-0.4, -0.2) is 64.3 Å². The number of fused-ring (bicyclic) bond motifs is 1. The second-order valence-electron chi connectivity index (χ2n) is 10.2. The second-order valence-corrected chi connectivity index (χ2v) is 11.3. The first kappa shape index (κ1) is 27.8. The first-order valence-corrected chi connectivity index (χ1v) is 13.1. The van der Waals surface area contributed by atoms with Gasteiger partial charge in [0, 0.05) is 36.4 Å². The van der Waals surface area contributed by atoms with Gasteiger partial charge in [0.1, 0.15) is 29.8 Å². The fraction of sp³-hybridized carbons (Fsp3) is 0.500. The van der Waals surface area contributed by atoms with Crippen LogP contribution in [-0.2, 0) is 22.9 Å². The number of aryl methyl sites for hydroxylation is 1. The highest BCUT2D eigenvalue weighted by atomic mass is 32.1. The van der Waals surface area contributed by atoms with E-state index in [1.54, 1.807) is 46.0 Å². The molecule has 0 aliphatic carbocycles. The van der Waals surface area contributed by atoms with Crippen LogP contribution in [0.15, 0.2) is 33.5 Å². The van der Waals surface area contributed by atoms with Gasteiger partial charge in [0.05, 0.1) is 18.1 Å². The van der Waals surface area contributed by atoms with Crippen molar-refractivity contribution in [3.8, 4) is 16.5 Å². The summed E-state index contributed by atoms with van der Waals surface area (Å²) in [5.41, 5.74) is 1.07. The number of halogens is 1. The smallest absolute Gasteiger partial charge is 0.419 e. The van der Waals surface area contributed by atoms with Gasteiger partial charge in [-0.1, -0.05) is 0 Å². The lowest BCUT2D eigenvalue weighted by Crippen LogP contribution is -2.51. The van der Waals surface area contributed by atoms with E-state index < -0.39 is 41.6 Å². The summed E-state index contributed by atoms with van der Waals surface area (Å²) in [6.45, 7) is 6.16. The van der Waals surface area contributed by atoms with Crippen LogP contribution < -0.4 is 11.1 Å². The van der Waals surface area contributed by atoms with Gasteiger partial charge in [-0.05, 0) is 57.0 Å². The quantitative estimate of drug-likeness (QED) is 0.450. The molecule has 1 aromatic carbocycles. The molecule has 38 heavy (non-hydrogen) atoms. The van der Waals surface area contributed by atoms with E-state index in [-0.39, 0.29) is 13.0 Å². The minimum atomic E-state index is -1.27. The Hall–Kier alpha value is -3.24. The van der Waals surface area contributed by atoms with Crippen LogP contribution in [0.4, 0.5) is 9.18 Å². The van der Waals surface area contributed by atoms with E-state index in [9.17, 15) is 24.3 Å². The van der Waals surface area contributed by atoms with Crippen molar-refractivity contribution in [2.45, 2.75) is 57.6 Å². The predicted molar refractivity (Wildman–Crippen MR) is 139 cm³/mol. The number of carbonyl (C=O) groups is 1. The lowest BCUT2D eigenvalue weighted by Gasteiger charge is -2.30. The number of thiophene rings is 1. The second kappa shape index (κ2) is 11.2. The number of carbonyl (C=O) groups excluding carboxylic acids is 1. The van der Waals surface area contributed by atoms with E-state index in [4.69, 9.17) is 13.9 Å². The molecule has 2 N–H and O–H groups in total. The summed E-state index contributed by atoms with van der Waals surface area (Å²) in [5, 5.41) is 23.3. The summed E-state index contributed by atoms with van der Waals surface area (Å²) in [4.78, 5) is 26.8. The normalized spacial score (nSPS) is 18.1. The Morgan fingerprint density at radius 3 is 2.87 bits per heavy atom. The highest BCUT2D eigenvalue weighted by Gasteiger charge is 2.31. The van der Waals surface area contributed by atoms with Crippen LogP contribution in [0.2, 0.25) is 0 Å². The standard InChI is InChI=1S/C26H31FN4O6S/c1-26(2,3)37-25(34)31-8-5-9-35-20(14-31)23(32)29-16(13-28)11-22-17(27)12-21(38-22)15-6-7-19-18(10-15)30(4)24(33)36-19/h6-7,10,12,16,20,23,29,32H,5,8-9,11,14H2,1-4H3/t16?,20-,23?/m0/s1. The summed E-state index contributed by atoms with van der Waals surface area (Å²) in [7, 11) is 1.59. The van der Waals surface area contributed by atoms with E-state index in [1.807, 2.05) is 0 Å². The number of ether oxygens (including phenoxy) is 2. The van der Waals surface area contributed by atoms with Crippen LogP contribution in [0, 0.1) is 17.1 Å². The zero-order valence-electron chi connectivity index (χ0n) is 21.7. The van der Waals surface area contributed by atoms with E-state index >= 15 is 0 Å². The van der Waals surface area contributed by atoms with Crippen LogP contribution >= 0.6 is 11.3 Å². The zero-order valence-corrected chi connectivity index (χ0v) is 22.5. The summed E-state index contributed by atoms with van der Waals surface area (Å²) in [6, 6.07) is 7.69. The highest BCUT2D eigenvalue weighted by molar-refractivity contribution is 7.15. The molecule has 3 aromatic rings. The van der Waals surface area contributed by atoms with Crippen molar-refractivity contribution in [3.63, 3.8) is 0 Å². The number of benzene rings is 1. The molecule has 1 aliphatic rings. The van der Waals surface area contributed by atoms with Crippen LogP contribution in [0.3, 0.4) is 0 Å². The average Bonchev–Trinajstić information content (AvgIpc) is 3.22. The third kappa shape index (κ3) is 6.42. The minimum Gasteiger partial charge on any atom is -0.444 e. The Balaban J connectivity index is 1.44. The maximum Gasteiger partial charge on any atom is 0.419 e. The topological polar surface area (TPSA) is 130 Å². The van der Waals surface area contributed by atoms with Gasteiger partial charge in [-0.25, -0.2) is 14.0 Å². The average molecular weight is 547 g/mol. The maximum absolute atomic E-state index is 14.9. The SMILES string of the molecule is Cn1c(=O)oc2ccc(-c3cc(F)c(CC(C#N)NC(O)[C@@H]4CN(C(=O)OC(C)(C)C)CCCO4)s3)cc21. The number of aliphatic hydroxyl groups excluding tert-OH is 1. The van der Waals surface area contributed by atoms with Crippen LogP contribution in [0.5, 0.6) is 0 Å². The molecule has 3 atom stereocenters. The van der Waals surface area contributed by atoms with E-state index in [1.165, 1.54) is 26.9 Å². The van der Waals surface area contributed by atoms with E-state index in [2.05, 4.69) is 11.4 Å². The predicted octanol–water partition coefficient (Wildman–Crippen LogP) is 3.37. The molecular weight excluding hydrogens is 515 g/mol. The lowest BCUT2D eigenvalue weighted by molar-refractivity contribution is -0.0555. The van der Waals surface area contributed by atoms with E-state index in [0.29, 0.717) is 46.0 Å². The molecule has 0 bridgehead atoms. The minimum absolute atomic E-state index is 0.0129. The molecule has 1 saturated heterocycles. The number of amides is 1. The first-order valence-electron chi connectivity index (χ1n) is 12.3. The summed E-state index contributed by atoms with van der Waals surface area (Å²) < 4.78 is 32.6. The van der Waals surface area contributed by atoms with Gasteiger partial charge in [0.2, 0.25) is 0 Å². The maximum atomic E-state index is 14.9. The van der Waals surface area contributed by atoms with E-state index in [0.717, 1.165) is 0 Å². The fourth-order valence-electron chi connectivity index (χ4n) is 4.14. The molecule has 2 aromatic heterocycles. The first-order chi connectivity index (χ1) is 17.9. The molecule has 12 heteroatoms. The van der Waals surface area contributed by atoms with Gasteiger partial charge in [-0.3, -0.25) is 9.88 Å². The Kier molecular flexibility index (Phi) is 8.22. The third-order valence-electron chi connectivity index (χ3n) is 6.06. The molecule has 3 heterocycles. The molecule has 4 rings (SSSR count). The van der Waals surface area contributed by atoms with Crippen molar-refractivity contribution < 1.29 is 28.2 Å². The Morgan fingerprint density at radius 2 is 2.16 bits per heavy atom. The third-order valence-corrected chi connectivity index (χ3v) is 7.24. The molecule has 1 fully saturated rings. The molecule has 204 valence electrons. The molecule has 1 amide bonds. The summed E-state index contributed by atoms with van der Waals surface area (Å²) in [5.74, 6) is -0.951. The van der Waals surface area contributed by atoms with Crippen molar-refractivity contribution in [3.05, 3.63) is 45.5 Å². The number of hydrogen-bond acceptors (Lipinski definition) is 9. The molecule has 1 aliphatic heterocycles. The summed E-state index contributed by atoms with van der Waals surface area (Å²) in [6.07, 6.45) is -1.97. The number of nitrogens with zero attached hydrogens (tertiary/aromatic N) is 3. The molecule has 0 spiro atoms. The number of nitriles is 1. The Bertz CT molecular complexity index is 1400. The molecule has 10 nitrogen and oxygen atoms in total.